The molecule has 0 N–H and O–H groups in total. The predicted molar refractivity (Wildman–Crippen MR) is 69.1 cm³/mol. The Morgan fingerprint density at radius 3 is 2.50 bits per heavy atom. The van der Waals surface area contributed by atoms with Gasteiger partial charge in [-0.15, -0.1) is 0 Å². The molecule has 0 saturated carbocycles. The molecule has 0 aliphatic rings. The normalized spacial score (nSPS) is 9.83. The first kappa shape index (κ1) is 12.0. The number of pyridine rings is 1. The number of carbonyl (C=O) groups is 1. The summed E-state index contributed by atoms with van der Waals surface area (Å²) in [5.41, 5.74) is 3.09. The highest BCUT2D eigenvalue weighted by Gasteiger charge is 2.13. The maximum atomic E-state index is 11.4. The number of hydrogen-bond donors (Lipinski definition) is 0. The highest BCUT2D eigenvalue weighted by atomic mass is 16.1. The third kappa shape index (κ3) is 2.14. The predicted octanol–water partition coefficient (Wildman–Crippen LogP) is 3.13. The minimum atomic E-state index is -0.0730. The average molecular weight is 236 g/mol. The van der Waals surface area contributed by atoms with Gasteiger partial charge in [-0.3, -0.25) is 9.78 Å². The summed E-state index contributed by atoms with van der Waals surface area (Å²) in [5, 5.41) is 9.18. The van der Waals surface area contributed by atoms with Crippen molar-refractivity contribution in [2.75, 3.05) is 0 Å². The summed E-state index contributed by atoms with van der Waals surface area (Å²) in [4.78, 5) is 15.8. The van der Waals surface area contributed by atoms with Crippen molar-refractivity contribution in [3.05, 3.63) is 53.2 Å². The number of carbonyl (C=O) groups excluding carboxylic acids is 1. The number of nitrogens with zero attached hydrogens (tertiary/aromatic N) is 2. The summed E-state index contributed by atoms with van der Waals surface area (Å²) >= 11 is 0. The fraction of sp³-hybridized carbons (Fsp3) is 0.133. The van der Waals surface area contributed by atoms with Crippen LogP contribution in [-0.2, 0) is 0 Å². The summed E-state index contributed by atoms with van der Waals surface area (Å²) in [7, 11) is 0. The molecular formula is C15H12N2O. The van der Waals surface area contributed by atoms with Gasteiger partial charge in [0.2, 0.25) is 0 Å². The first-order chi connectivity index (χ1) is 8.63. The number of nitriles is 1. The molecule has 0 fully saturated rings. The molecule has 0 amide bonds. The number of hydrogen-bond acceptors (Lipinski definition) is 3. The van der Waals surface area contributed by atoms with Crippen molar-refractivity contribution >= 4 is 5.78 Å². The first-order valence-corrected chi connectivity index (χ1v) is 5.61. The van der Waals surface area contributed by atoms with Crippen molar-refractivity contribution in [2.24, 2.45) is 0 Å². The van der Waals surface area contributed by atoms with Crippen LogP contribution in [0.5, 0.6) is 0 Å². The van der Waals surface area contributed by atoms with E-state index in [4.69, 9.17) is 0 Å². The third-order valence-electron chi connectivity index (χ3n) is 2.76. The molecule has 1 heterocycles. The summed E-state index contributed by atoms with van der Waals surface area (Å²) in [6.07, 6.45) is 0. The van der Waals surface area contributed by atoms with Gasteiger partial charge >= 0.3 is 0 Å². The summed E-state index contributed by atoms with van der Waals surface area (Å²) in [6.45, 7) is 3.26. The molecule has 3 heteroatoms. The van der Waals surface area contributed by atoms with Crippen LogP contribution in [-0.4, -0.2) is 10.8 Å². The molecule has 0 aliphatic heterocycles. The van der Waals surface area contributed by atoms with Gasteiger partial charge < -0.3 is 0 Å². The zero-order valence-corrected chi connectivity index (χ0v) is 10.3. The van der Waals surface area contributed by atoms with Gasteiger partial charge in [0.15, 0.2) is 5.78 Å². The smallest absolute Gasteiger partial charge is 0.161 e. The van der Waals surface area contributed by atoms with Gasteiger partial charge in [-0.25, -0.2) is 0 Å². The van der Waals surface area contributed by atoms with Gasteiger partial charge in [0, 0.05) is 16.8 Å². The molecule has 2 aromatic rings. The monoisotopic (exact) mass is 236 g/mol. The molecule has 3 nitrogen and oxygen atoms in total. The second-order valence-corrected chi connectivity index (χ2v) is 4.05. The summed E-state index contributed by atoms with van der Waals surface area (Å²) in [6, 6.07) is 13.2. The maximum Gasteiger partial charge on any atom is 0.161 e. The van der Waals surface area contributed by atoms with E-state index >= 15 is 0 Å². The Labute approximate surface area is 106 Å². The van der Waals surface area contributed by atoms with Gasteiger partial charge in [-0.05, 0) is 19.9 Å². The molecule has 0 unspecified atom stereocenters. The number of aryl methyl sites for hydroxylation is 1. The number of Topliss-reactive ketones (excluding diaryl/α,β-unsaturated/α-hetero) is 1. The average Bonchev–Trinajstić information content (AvgIpc) is 2.39. The molecule has 0 saturated heterocycles. The quantitative estimate of drug-likeness (QED) is 0.753. The van der Waals surface area contributed by atoms with Crippen LogP contribution in [0.1, 0.15) is 28.5 Å². The molecule has 0 radical (unpaired) electrons. The number of benzene rings is 1. The number of ketones is 1. The fourth-order valence-electron chi connectivity index (χ4n) is 1.86. The van der Waals surface area contributed by atoms with Gasteiger partial charge in [-0.1, -0.05) is 30.3 Å². The minimum Gasteiger partial charge on any atom is -0.294 e. The van der Waals surface area contributed by atoms with Crippen molar-refractivity contribution in [3.8, 4) is 17.3 Å². The van der Waals surface area contributed by atoms with E-state index in [-0.39, 0.29) is 5.78 Å². The number of rotatable bonds is 2. The Kier molecular flexibility index (Phi) is 3.20. The lowest BCUT2D eigenvalue weighted by molar-refractivity contribution is 0.101. The van der Waals surface area contributed by atoms with E-state index in [2.05, 4.69) is 11.1 Å². The van der Waals surface area contributed by atoms with Crippen molar-refractivity contribution in [2.45, 2.75) is 13.8 Å². The minimum absolute atomic E-state index is 0.0730. The van der Waals surface area contributed by atoms with Gasteiger partial charge in [0.05, 0.1) is 11.3 Å². The van der Waals surface area contributed by atoms with Crippen LogP contribution in [0.4, 0.5) is 0 Å². The lowest BCUT2D eigenvalue weighted by Gasteiger charge is -2.08. The van der Waals surface area contributed by atoms with E-state index in [0.717, 1.165) is 5.56 Å². The van der Waals surface area contributed by atoms with Crippen LogP contribution in [0, 0.1) is 18.3 Å². The fourth-order valence-corrected chi connectivity index (χ4v) is 1.86. The molecule has 0 atom stereocenters. The lowest BCUT2D eigenvalue weighted by atomic mass is 10.0. The Balaban J connectivity index is 2.67. The van der Waals surface area contributed by atoms with Gasteiger partial charge in [0.25, 0.3) is 0 Å². The topological polar surface area (TPSA) is 53.8 Å². The van der Waals surface area contributed by atoms with Crippen molar-refractivity contribution in [1.29, 1.82) is 5.26 Å². The standard InChI is InChI=1S/C15H12N2O/c1-10-14(11(2)18)8-13(9-16)15(17-10)12-6-4-3-5-7-12/h3-8H,1-2H3. The van der Waals surface area contributed by atoms with E-state index in [1.807, 2.05) is 30.3 Å². The zero-order chi connectivity index (χ0) is 13.1. The van der Waals surface area contributed by atoms with E-state index in [1.165, 1.54) is 6.92 Å². The van der Waals surface area contributed by atoms with Crippen LogP contribution in [0.25, 0.3) is 11.3 Å². The zero-order valence-electron chi connectivity index (χ0n) is 10.3. The van der Waals surface area contributed by atoms with Crippen LogP contribution >= 0.6 is 0 Å². The molecule has 0 bridgehead atoms. The lowest BCUT2D eigenvalue weighted by Crippen LogP contribution is -2.02. The Bertz CT molecular complexity index is 640. The Morgan fingerprint density at radius 1 is 1.28 bits per heavy atom. The van der Waals surface area contributed by atoms with Gasteiger partial charge in [-0.2, -0.15) is 5.26 Å². The van der Waals surface area contributed by atoms with Crippen LogP contribution in [0.3, 0.4) is 0 Å². The van der Waals surface area contributed by atoms with Crippen molar-refractivity contribution in [1.82, 2.24) is 4.98 Å². The van der Waals surface area contributed by atoms with Crippen molar-refractivity contribution in [3.63, 3.8) is 0 Å². The van der Waals surface area contributed by atoms with Crippen LogP contribution in [0.15, 0.2) is 36.4 Å². The molecule has 18 heavy (non-hydrogen) atoms. The summed E-state index contributed by atoms with van der Waals surface area (Å²) < 4.78 is 0. The Hall–Kier alpha value is -2.47. The highest BCUT2D eigenvalue weighted by molar-refractivity contribution is 5.96. The maximum absolute atomic E-state index is 11.4. The van der Waals surface area contributed by atoms with E-state index in [1.54, 1.807) is 13.0 Å². The molecule has 0 aliphatic carbocycles. The van der Waals surface area contributed by atoms with Crippen molar-refractivity contribution < 1.29 is 4.79 Å². The summed E-state index contributed by atoms with van der Waals surface area (Å²) in [5.74, 6) is -0.0730. The highest BCUT2D eigenvalue weighted by Crippen LogP contribution is 2.23. The largest absolute Gasteiger partial charge is 0.294 e. The van der Waals surface area contributed by atoms with E-state index in [9.17, 15) is 10.1 Å². The second kappa shape index (κ2) is 4.80. The molecular weight excluding hydrogens is 224 g/mol. The number of aromatic nitrogens is 1. The molecule has 88 valence electrons. The molecule has 1 aromatic carbocycles. The SMILES string of the molecule is CC(=O)c1cc(C#N)c(-c2ccccc2)nc1C. The molecule has 2 rings (SSSR count). The van der Waals surface area contributed by atoms with Gasteiger partial charge in [0.1, 0.15) is 6.07 Å². The van der Waals surface area contributed by atoms with E-state index in [0.29, 0.717) is 22.5 Å². The van der Waals surface area contributed by atoms with E-state index < -0.39 is 0 Å². The molecule has 1 aromatic heterocycles. The van der Waals surface area contributed by atoms with Crippen LogP contribution in [0.2, 0.25) is 0 Å². The third-order valence-corrected chi connectivity index (χ3v) is 2.76. The first-order valence-electron chi connectivity index (χ1n) is 5.61. The van der Waals surface area contributed by atoms with Crippen LogP contribution < -0.4 is 0 Å². The second-order valence-electron chi connectivity index (χ2n) is 4.05. The Morgan fingerprint density at radius 2 is 1.94 bits per heavy atom. The molecule has 0 spiro atoms.